The first kappa shape index (κ1) is 46.2. The van der Waals surface area contributed by atoms with E-state index in [0.717, 1.165) is 45.3 Å². The molecule has 3 aliphatic rings. The van der Waals surface area contributed by atoms with Crippen molar-refractivity contribution in [3.05, 3.63) is 71.5 Å². The van der Waals surface area contributed by atoms with Crippen LogP contribution in [0.4, 0.5) is 0 Å². The Kier molecular flexibility index (Phi) is 13.5. The van der Waals surface area contributed by atoms with Crippen molar-refractivity contribution in [2.24, 2.45) is 11.3 Å². The van der Waals surface area contributed by atoms with Gasteiger partial charge in [-0.3, -0.25) is 39.3 Å². The summed E-state index contributed by atoms with van der Waals surface area (Å²) in [6.07, 6.45) is 6.11. The van der Waals surface area contributed by atoms with Gasteiger partial charge in [0.05, 0.1) is 18.8 Å². The lowest BCUT2D eigenvalue weighted by Crippen LogP contribution is -2.62. The van der Waals surface area contributed by atoms with E-state index in [2.05, 4.69) is 71.5 Å². The summed E-state index contributed by atoms with van der Waals surface area (Å²) in [5.41, 5.74) is 10.2. The standard InChI is InChI=1S/C49H64N8O7/c1-10-31-16-17-50-25-37(31)44-36-24-49(6,7)27-64-48(63)38-13-12-18-57(53-38)46(61)39(21-30-19-33(22-34(58)20-30)32-14-15-40(35(36)23-32)56(44)11-2)52-45(60)43(28(3)4)55(9)41(59)26-54(8)47(62)42-29(5)51-42/h14-17,19-20,22-23,25,28-29,38-39,42-43,51,53,58H,10-13,18,21,24,26-27H2,1-9H3,(H,52,60)/t29-,38+,39+,42-,43+/m1/s1. The molecule has 0 spiro atoms. The Balaban J connectivity index is 1.29. The highest BCUT2D eigenvalue weighted by atomic mass is 16.5. The highest BCUT2D eigenvalue weighted by Crippen LogP contribution is 2.41. The fourth-order valence-corrected chi connectivity index (χ4v) is 9.44. The molecular formula is C49H64N8O7. The topological polar surface area (TPSA) is 188 Å². The molecule has 342 valence electrons. The van der Waals surface area contributed by atoms with Crippen LogP contribution >= 0.6 is 0 Å². The number of nitrogens with zero attached hydrogens (tertiary/aromatic N) is 5. The third-order valence-corrected chi connectivity index (χ3v) is 13.0. The van der Waals surface area contributed by atoms with E-state index in [1.54, 1.807) is 19.2 Å². The maximum Gasteiger partial charge on any atom is 0.324 e. The summed E-state index contributed by atoms with van der Waals surface area (Å²) in [5, 5.41) is 19.7. The first-order valence-electron chi connectivity index (χ1n) is 22.6. The number of aryl methyl sites for hydroxylation is 2. The van der Waals surface area contributed by atoms with Crippen LogP contribution in [-0.2, 0) is 54.5 Å². The van der Waals surface area contributed by atoms with Crippen molar-refractivity contribution in [3.63, 3.8) is 0 Å². The van der Waals surface area contributed by atoms with Gasteiger partial charge in [0.15, 0.2) is 0 Å². The van der Waals surface area contributed by atoms with E-state index >= 15 is 0 Å². The van der Waals surface area contributed by atoms with Gasteiger partial charge in [0.2, 0.25) is 17.7 Å². The third kappa shape index (κ3) is 9.65. The van der Waals surface area contributed by atoms with Crippen LogP contribution in [0.3, 0.4) is 0 Å². The van der Waals surface area contributed by atoms with Crippen LogP contribution in [-0.4, -0.2) is 123 Å². The van der Waals surface area contributed by atoms with E-state index in [4.69, 9.17) is 4.74 Å². The second-order valence-corrected chi connectivity index (χ2v) is 18.9. The Hall–Kier alpha value is -5.80. The first-order valence-corrected chi connectivity index (χ1v) is 22.6. The molecule has 0 saturated carbocycles. The molecule has 7 rings (SSSR count). The second kappa shape index (κ2) is 18.7. The number of esters is 1. The summed E-state index contributed by atoms with van der Waals surface area (Å²) in [7, 11) is 3.09. The van der Waals surface area contributed by atoms with Crippen LogP contribution in [0.5, 0.6) is 5.75 Å². The van der Waals surface area contributed by atoms with Gasteiger partial charge in [0.1, 0.15) is 29.9 Å². The molecule has 2 fully saturated rings. The maximum absolute atomic E-state index is 14.7. The molecule has 2 aromatic carbocycles. The molecule has 6 bridgehead atoms. The molecular weight excluding hydrogens is 813 g/mol. The Labute approximate surface area is 375 Å². The molecule has 5 heterocycles. The molecule has 0 aliphatic carbocycles. The number of phenols is 1. The van der Waals surface area contributed by atoms with Crippen molar-refractivity contribution in [1.82, 2.24) is 40.4 Å². The van der Waals surface area contributed by atoms with E-state index in [0.29, 0.717) is 31.4 Å². The molecule has 4 aromatic rings. The summed E-state index contributed by atoms with van der Waals surface area (Å²) in [4.78, 5) is 76.6. The highest BCUT2D eigenvalue weighted by Gasteiger charge is 2.42. The van der Waals surface area contributed by atoms with Crippen molar-refractivity contribution >= 4 is 40.5 Å². The lowest BCUT2D eigenvalue weighted by Gasteiger charge is -2.37. The molecule has 2 saturated heterocycles. The second-order valence-electron chi connectivity index (χ2n) is 18.9. The number of aromatic hydroxyl groups is 1. The molecule has 5 atom stereocenters. The monoisotopic (exact) mass is 876 g/mol. The zero-order valence-corrected chi connectivity index (χ0v) is 38.7. The van der Waals surface area contributed by atoms with Gasteiger partial charge in [-0.15, -0.1) is 0 Å². The van der Waals surface area contributed by atoms with E-state index in [9.17, 15) is 29.1 Å². The number of hydrazine groups is 1. The number of cyclic esters (lactones) is 1. The van der Waals surface area contributed by atoms with Crippen molar-refractivity contribution in [1.29, 1.82) is 0 Å². The van der Waals surface area contributed by atoms with Crippen LogP contribution in [0.1, 0.15) is 78.0 Å². The lowest BCUT2D eigenvalue weighted by molar-refractivity contribution is -0.155. The van der Waals surface area contributed by atoms with Gasteiger partial charge in [-0.25, -0.2) is 5.43 Å². The number of carbonyl (C=O) groups excluding carboxylic acids is 5. The number of hydrogen-bond acceptors (Lipinski definition) is 10. The van der Waals surface area contributed by atoms with Gasteiger partial charge in [0, 0.05) is 73.9 Å². The minimum absolute atomic E-state index is 0.00518. The average molecular weight is 877 g/mol. The molecule has 15 nitrogen and oxygen atoms in total. The van der Waals surface area contributed by atoms with Crippen LogP contribution in [0, 0.1) is 11.3 Å². The number of rotatable bonds is 10. The van der Waals surface area contributed by atoms with Crippen molar-refractivity contribution < 1.29 is 33.8 Å². The lowest BCUT2D eigenvalue weighted by atomic mass is 9.84. The molecule has 64 heavy (non-hydrogen) atoms. The molecule has 2 aromatic heterocycles. The fraction of sp³-hybridized carbons (Fsp3) is 0.510. The number of fused-ring (bicyclic) bond motifs is 6. The van der Waals surface area contributed by atoms with Crippen molar-refractivity contribution in [2.75, 3.05) is 33.8 Å². The van der Waals surface area contributed by atoms with E-state index in [1.807, 2.05) is 45.3 Å². The zero-order valence-electron chi connectivity index (χ0n) is 38.7. The summed E-state index contributed by atoms with van der Waals surface area (Å²) < 4.78 is 8.41. The normalized spacial score (nSPS) is 21.5. The third-order valence-electron chi connectivity index (χ3n) is 13.0. The first-order chi connectivity index (χ1) is 30.4. The number of ether oxygens (including phenoxy) is 1. The zero-order chi connectivity index (χ0) is 46.2. The quantitative estimate of drug-likeness (QED) is 0.130. The molecule has 4 amide bonds. The van der Waals surface area contributed by atoms with Gasteiger partial charge in [-0.1, -0.05) is 46.8 Å². The number of amides is 4. The predicted octanol–water partition coefficient (Wildman–Crippen LogP) is 4.61. The SMILES string of the molecule is CCc1ccncc1-c1c2c3cc(ccc3n1CC)-c1cc(O)cc(c1)C[C@H](NC(=O)[C@H](C(C)C)N(C)C(=O)CN(C)C(=O)[C@@H]1N[C@@H]1C)C(=O)N1CCC[C@H](N1)C(=O)OCC(C)(C)C2. The Bertz CT molecular complexity index is 2440. The summed E-state index contributed by atoms with van der Waals surface area (Å²) in [5.74, 6) is -2.51. The number of carbonyl (C=O) groups is 5. The average Bonchev–Trinajstić information content (AvgIpc) is 3.93. The van der Waals surface area contributed by atoms with Gasteiger partial charge in [-0.2, -0.15) is 0 Å². The number of phenolic OH excluding ortho intramolecular Hbond substituents is 1. The summed E-state index contributed by atoms with van der Waals surface area (Å²) in [6, 6.07) is 10.3. The van der Waals surface area contributed by atoms with Crippen LogP contribution in [0.2, 0.25) is 0 Å². The van der Waals surface area contributed by atoms with Crippen LogP contribution < -0.4 is 16.1 Å². The van der Waals surface area contributed by atoms with Gasteiger partial charge < -0.3 is 29.5 Å². The number of nitrogens with one attached hydrogen (secondary N) is 3. The number of hydrogen-bond donors (Lipinski definition) is 4. The Morgan fingerprint density at radius 1 is 1.06 bits per heavy atom. The minimum Gasteiger partial charge on any atom is -0.508 e. The predicted molar refractivity (Wildman–Crippen MR) is 245 cm³/mol. The molecule has 0 unspecified atom stereocenters. The van der Waals surface area contributed by atoms with Gasteiger partial charge >= 0.3 is 5.97 Å². The number of aromatic nitrogens is 2. The molecule has 0 radical (unpaired) electrons. The summed E-state index contributed by atoms with van der Waals surface area (Å²) in [6.45, 7) is 14.8. The van der Waals surface area contributed by atoms with Crippen molar-refractivity contribution in [2.45, 2.75) is 117 Å². The smallest absolute Gasteiger partial charge is 0.324 e. The van der Waals surface area contributed by atoms with Crippen LogP contribution in [0.25, 0.3) is 33.3 Å². The van der Waals surface area contributed by atoms with Crippen molar-refractivity contribution in [3.8, 4) is 28.1 Å². The minimum atomic E-state index is -1.17. The maximum atomic E-state index is 14.7. The number of pyridine rings is 1. The Morgan fingerprint density at radius 3 is 2.50 bits per heavy atom. The number of likely N-dealkylation sites (N-methyl/N-ethyl adjacent to an activating group) is 2. The van der Waals surface area contributed by atoms with Gasteiger partial charge in [-0.05, 0) is 104 Å². The Morgan fingerprint density at radius 2 is 1.81 bits per heavy atom. The molecule has 4 N–H and O–H groups in total. The highest BCUT2D eigenvalue weighted by molar-refractivity contribution is 5.96. The fourth-order valence-electron chi connectivity index (χ4n) is 9.44. The summed E-state index contributed by atoms with van der Waals surface area (Å²) >= 11 is 0. The van der Waals surface area contributed by atoms with E-state index in [-0.39, 0.29) is 55.8 Å². The van der Waals surface area contributed by atoms with Crippen LogP contribution in [0.15, 0.2) is 54.9 Å². The van der Waals surface area contributed by atoms with E-state index < -0.39 is 47.2 Å². The number of benzene rings is 2. The van der Waals surface area contributed by atoms with E-state index in [1.165, 1.54) is 27.4 Å². The molecule has 3 aliphatic heterocycles. The molecule has 15 heteroatoms. The largest absolute Gasteiger partial charge is 0.508 e. The van der Waals surface area contributed by atoms with Gasteiger partial charge in [0.25, 0.3) is 5.91 Å².